The van der Waals surface area contributed by atoms with Gasteiger partial charge in [0.05, 0.1) is 6.10 Å². The number of ketones is 1. The number of fused-ring (bicyclic) bond motifs is 5. The lowest BCUT2D eigenvalue weighted by molar-refractivity contribution is -0.137. The third kappa shape index (κ3) is 2.98. The molecule has 4 heteroatoms. The van der Waals surface area contributed by atoms with Crippen molar-refractivity contribution < 1.29 is 19.8 Å². The molecule has 3 saturated carbocycles. The molecule has 0 bridgehead atoms. The molecule has 2 N–H and O–H groups in total. The Labute approximate surface area is 168 Å². The second-order valence-electron chi connectivity index (χ2n) is 10.8. The molecule has 0 spiro atoms. The minimum Gasteiger partial charge on any atom is -0.481 e. The number of carbonyl (C=O) groups excluding carboxylic acids is 1. The summed E-state index contributed by atoms with van der Waals surface area (Å²) in [5.41, 5.74) is 1.49. The first-order valence-corrected chi connectivity index (χ1v) is 11.3. The maximum absolute atomic E-state index is 12.0. The van der Waals surface area contributed by atoms with Crippen LogP contribution in [0.15, 0.2) is 11.6 Å². The molecule has 0 aromatic rings. The molecule has 0 amide bonds. The van der Waals surface area contributed by atoms with E-state index in [2.05, 4.69) is 20.8 Å². The van der Waals surface area contributed by atoms with Crippen LogP contribution in [-0.2, 0) is 9.59 Å². The molecule has 0 aromatic heterocycles. The SMILES string of the molecule is C[C@H](CCC(=O)O)[C@H]1CC[C@H]2[C@@H]3[C@@H](O)CC4=CC(=O)CC[C@]4(C)[C@H]3CC[C@]12C. The van der Waals surface area contributed by atoms with Crippen LogP contribution in [0.25, 0.3) is 0 Å². The Morgan fingerprint density at radius 3 is 2.68 bits per heavy atom. The summed E-state index contributed by atoms with van der Waals surface area (Å²) in [6.07, 6.45) is 9.39. The Morgan fingerprint density at radius 2 is 1.96 bits per heavy atom. The van der Waals surface area contributed by atoms with Crippen LogP contribution in [0.5, 0.6) is 0 Å². The first-order chi connectivity index (χ1) is 13.2. The van der Waals surface area contributed by atoms with Crippen LogP contribution in [0.3, 0.4) is 0 Å². The highest BCUT2D eigenvalue weighted by atomic mass is 16.4. The number of hydrogen-bond acceptors (Lipinski definition) is 3. The number of aliphatic hydroxyl groups is 1. The Bertz CT molecular complexity index is 697. The molecule has 4 rings (SSSR count). The molecule has 156 valence electrons. The number of carboxylic acid groups (broad SMARTS) is 1. The molecule has 0 saturated heterocycles. The molecule has 0 aliphatic heterocycles. The van der Waals surface area contributed by atoms with E-state index in [1.807, 2.05) is 6.08 Å². The first-order valence-electron chi connectivity index (χ1n) is 11.3. The lowest BCUT2D eigenvalue weighted by Gasteiger charge is -2.59. The largest absolute Gasteiger partial charge is 0.481 e. The smallest absolute Gasteiger partial charge is 0.303 e. The van der Waals surface area contributed by atoms with Gasteiger partial charge in [-0.2, -0.15) is 0 Å². The lowest BCUT2D eigenvalue weighted by Crippen LogP contribution is -2.55. The number of aliphatic carboxylic acids is 1. The fraction of sp³-hybridized carbons (Fsp3) is 0.833. The fourth-order valence-electron chi connectivity index (χ4n) is 8.05. The van der Waals surface area contributed by atoms with Crippen molar-refractivity contribution in [2.45, 2.75) is 84.7 Å². The molecule has 4 aliphatic carbocycles. The molecule has 0 heterocycles. The summed E-state index contributed by atoms with van der Waals surface area (Å²) in [6.45, 7) is 7.01. The van der Waals surface area contributed by atoms with Crippen LogP contribution >= 0.6 is 0 Å². The van der Waals surface area contributed by atoms with Crippen molar-refractivity contribution in [2.75, 3.05) is 0 Å². The van der Waals surface area contributed by atoms with Gasteiger partial charge in [0.1, 0.15) is 0 Å². The van der Waals surface area contributed by atoms with Crippen molar-refractivity contribution in [3.8, 4) is 0 Å². The van der Waals surface area contributed by atoms with Crippen molar-refractivity contribution >= 4 is 11.8 Å². The van der Waals surface area contributed by atoms with Gasteiger partial charge in [0.25, 0.3) is 0 Å². The summed E-state index contributed by atoms with van der Waals surface area (Å²) < 4.78 is 0. The highest BCUT2D eigenvalue weighted by Gasteiger charge is 2.61. The molecular weight excluding hydrogens is 352 g/mol. The van der Waals surface area contributed by atoms with E-state index >= 15 is 0 Å². The van der Waals surface area contributed by atoms with Gasteiger partial charge in [-0.1, -0.05) is 26.3 Å². The van der Waals surface area contributed by atoms with E-state index in [0.29, 0.717) is 42.4 Å². The first kappa shape index (κ1) is 20.1. The maximum atomic E-state index is 12.0. The molecule has 0 radical (unpaired) electrons. The van der Waals surface area contributed by atoms with Crippen LogP contribution in [-0.4, -0.2) is 28.1 Å². The number of aliphatic hydroxyl groups excluding tert-OH is 1. The van der Waals surface area contributed by atoms with Gasteiger partial charge < -0.3 is 10.2 Å². The van der Waals surface area contributed by atoms with E-state index in [1.54, 1.807) is 0 Å². The van der Waals surface area contributed by atoms with E-state index in [4.69, 9.17) is 5.11 Å². The second kappa shape index (κ2) is 6.97. The van der Waals surface area contributed by atoms with Gasteiger partial charge in [0, 0.05) is 12.8 Å². The van der Waals surface area contributed by atoms with Crippen LogP contribution in [0.4, 0.5) is 0 Å². The number of hydrogen-bond donors (Lipinski definition) is 2. The van der Waals surface area contributed by atoms with Gasteiger partial charge in [-0.3, -0.25) is 9.59 Å². The van der Waals surface area contributed by atoms with Gasteiger partial charge >= 0.3 is 5.97 Å². The van der Waals surface area contributed by atoms with E-state index in [-0.39, 0.29) is 29.1 Å². The maximum Gasteiger partial charge on any atom is 0.303 e. The van der Waals surface area contributed by atoms with E-state index in [0.717, 1.165) is 32.1 Å². The molecule has 0 unspecified atom stereocenters. The summed E-state index contributed by atoms with van der Waals surface area (Å²) in [4.78, 5) is 23.0. The third-order valence-electron chi connectivity index (χ3n) is 9.56. The van der Waals surface area contributed by atoms with Crippen molar-refractivity contribution in [1.29, 1.82) is 0 Å². The minimum absolute atomic E-state index is 0.0755. The Morgan fingerprint density at radius 1 is 1.21 bits per heavy atom. The summed E-state index contributed by atoms with van der Waals surface area (Å²) in [5.74, 6) is 1.83. The predicted molar refractivity (Wildman–Crippen MR) is 108 cm³/mol. The lowest BCUT2D eigenvalue weighted by atomic mass is 9.45. The van der Waals surface area contributed by atoms with Crippen molar-refractivity contribution in [1.82, 2.24) is 0 Å². The summed E-state index contributed by atoms with van der Waals surface area (Å²) >= 11 is 0. The highest BCUT2D eigenvalue weighted by molar-refractivity contribution is 5.91. The molecular formula is C24H36O4. The average molecular weight is 389 g/mol. The van der Waals surface area contributed by atoms with E-state index < -0.39 is 5.97 Å². The Balaban J connectivity index is 1.59. The molecule has 8 atom stereocenters. The van der Waals surface area contributed by atoms with Gasteiger partial charge in [0.2, 0.25) is 0 Å². The fourth-order valence-corrected chi connectivity index (χ4v) is 8.05. The number of rotatable bonds is 4. The summed E-state index contributed by atoms with van der Waals surface area (Å²) in [6, 6.07) is 0. The van der Waals surface area contributed by atoms with E-state index in [9.17, 15) is 14.7 Å². The quantitative estimate of drug-likeness (QED) is 0.738. The highest BCUT2D eigenvalue weighted by Crippen LogP contribution is 2.67. The van der Waals surface area contributed by atoms with Crippen LogP contribution in [0.2, 0.25) is 0 Å². The third-order valence-corrected chi connectivity index (χ3v) is 9.56. The zero-order chi connectivity index (χ0) is 20.3. The monoisotopic (exact) mass is 388 g/mol. The Kier molecular flexibility index (Phi) is 5.01. The van der Waals surface area contributed by atoms with Crippen molar-refractivity contribution in [2.24, 2.45) is 40.4 Å². The van der Waals surface area contributed by atoms with Crippen LogP contribution in [0.1, 0.15) is 78.6 Å². The summed E-state index contributed by atoms with van der Waals surface area (Å²) in [5, 5.41) is 20.3. The molecule has 4 aliphatic rings. The minimum atomic E-state index is -0.697. The Hall–Kier alpha value is -1.16. The summed E-state index contributed by atoms with van der Waals surface area (Å²) in [7, 11) is 0. The number of carbonyl (C=O) groups is 2. The van der Waals surface area contributed by atoms with Crippen LogP contribution < -0.4 is 0 Å². The molecule has 0 aromatic carbocycles. The van der Waals surface area contributed by atoms with Gasteiger partial charge in [-0.25, -0.2) is 0 Å². The topological polar surface area (TPSA) is 74.6 Å². The zero-order valence-corrected chi connectivity index (χ0v) is 17.6. The van der Waals surface area contributed by atoms with E-state index in [1.165, 1.54) is 12.0 Å². The standard InChI is InChI=1S/C24H36O4/c1-14(4-7-21(27)28)17-5-6-18-22-19(9-11-24(17,18)3)23(2)10-8-16(25)12-15(23)13-20(22)26/h12,14,17-20,22,26H,4-11,13H2,1-3H3,(H,27,28)/t14-,17-,18+,19+,20+,22+,23+,24-/m1/s1. The van der Waals surface area contributed by atoms with Gasteiger partial charge in [0.15, 0.2) is 5.78 Å². The number of carboxylic acids is 1. The average Bonchev–Trinajstić information content (AvgIpc) is 2.98. The normalized spacial score (nSPS) is 46.2. The van der Waals surface area contributed by atoms with Gasteiger partial charge in [-0.15, -0.1) is 0 Å². The van der Waals surface area contributed by atoms with Crippen LogP contribution in [0, 0.1) is 40.4 Å². The van der Waals surface area contributed by atoms with Crippen molar-refractivity contribution in [3.63, 3.8) is 0 Å². The molecule has 28 heavy (non-hydrogen) atoms. The second-order valence-corrected chi connectivity index (χ2v) is 10.8. The van der Waals surface area contributed by atoms with Gasteiger partial charge in [-0.05, 0) is 91.4 Å². The molecule has 4 nitrogen and oxygen atoms in total. The van der Waals surface area contributed by atoms with Crippen molar-refractivity contribution in [3.05, 3.63) is 11.6 Å². The molecule has 3 fully saturated rings. The zero-order valence-electron chi connectivity index (χ0n) is 17.6. The predicted octanol–water partition coefficient (Wildman–Crippen LogP) is 4.61.